The Morgan fingerprint density at radius 2 is 2.15 bits per heavy atom. The smallest absolute Gasteiger partial charge is 0.136 e. The Morgan fingerprint density at radius 1 is 1.35 bits per heavy atom. The van der Waals surface area contributed by atoms with Crippen LogP contribution in [0.1, 0.15) is 45.3 Å². The monoisotopic (exact) mass is 292 g/mol. The highest BCUT2D eigenvalue weighted by molar-refractivity contribution is 6.31. The number of rotatable bonds is 2. The lowest BCUT2D eigenvalue weighted by Crippen LogP contribution is -2.34. The van der Waals surface area contributed by atoms with Gasteiger partial charge in [0.05, 0.1) is 0 Å². The molecule has 0 aliphatic heterocycles. The van der Waals surface area contributed by atoms with Gasteiger partial charge in [0.15, 0.2) is 0 Å². The van der Waals surface area contributed by atoms with Gasteiger partial charge in [-0.3, -0.25) is 0 Å². The molecule has 3 rings (SSSR count). The number of benzene rings is 1. The van der Waals surface area contributed by atoms with Gasteiger partial charge in [0, 0.05) is 10.4 Å². The van der Waals surface area contributed by atoms with E-state index in [9.17, 15) is 5.11 Å². The zero-order chi connectivity index (χ0) is 14.3. The van der Waals surface area contributed by atoms with Crippen LogP contribution in [-0.4, -0.2) is 5.11 Å². The summed E-state index contributed by atoms with van der Waals surface area (Å²) in [5.41, 5.74) is -0.0249. The minimum absolute atomic E-state index is 0.561. The van der Waals surface area contributed by atoms with Gasteiger partial charge in [-0.25, -0.2) is 0 Å². The van der Waals surface area contributed by atoms with Gasteiger partial charge in [-0.2, -0.15) is 0 Å². The van der Waals surface area contributed by atoms with Crippen molar-refractivity contribution in [2.24, 2.45) is 11.8 Å². The topological polar surface area (TPSA) is 33.4 Å². The second-order valence-corrected chi connectivity index (χ2v) is 6.86. The summed E-state index contributed by atoms with van der Waals surface area (Å²) in [6, 6.07) is 7.52. The number of aliphatic hydroxyl groups is 1. The van der Waals surface area contributed by atoms with Gasteiger partial charge in [-0.05, 0) is 61.8 Å². The quantitative estimate of drug-likeness (QED) is 0.833. The Balaban J connectivity index is 1.96. The summed E-state index contributed by atoms with van der Waals surface area (Å²) in [7, 11) is 0. The molecule has 2 unspecified atom stereocenters. The van der Waals surface area contributed by atoms with Crippen molar-refractivity contribution >= 4 is 22.6 Å². The van der Waals surface area contributed by atoms with Crippen molar-refractivity contribution in [1.82, 2.24) is 0 Å². The average molecular weight is 293 g/mol. The maximum Gasteiger partial charge on any atom is 0.136 e. The lowest BCUT2D eigenvalue weighted by atomic mass is 9.72. The van der Waals surface area contributed by atoms with E-state index in [1.807, 2.05) is 24.3 Å². The van der Waals surface area contributed by atoms with Crippen LogP contribution in [0.4, 0.5) is 0 Å². The van der Waals surface area contributed by atoms with Crippen LogP contribution < -0.4 is 0 Å². The first kappa shape index (κ1) is 14.0. The molecular weight excluding hydrogens is 272 g/mol. The molecule has 1 fully saturated rings. The third kappa shape index (κ3) is 2.47. The minimum Gasteiger partial charge on any atom is -0.458 e. The average Bonchev–Trinajstić information content (AvgIpc) is 2.82. The minimum atomic E-state index is -0.821. The molecule has 2 aromatic rings. The van der Waals surface area contributed by atoms with Gasteiger partial charge in [0.25, 0.3) is 0 Å². The summed E-state index contributed by atoms with van der Waals surface area (Å²) in [6.07, 6.45) is 3.82. The summed E-state index contributed by atoms with van der Waals surface area (Å²) in [4.78, 5) is 0. The van der Waals surface area contributed by atoms with Crippen LogP contribution in [-0.2, 0) is 5.60 Å². The summed E-state index contributed by atoms with van der Waals surface area (Å²) in [5, 5.41) is 12.7. The third-order valence-corrected chi connectivity index (χ3v) is 4.88. The first-order chi connectivity index (χ1) is 9.48. The Bertz CT molecular complexity index is 616. The number of halogens is 1. The molecule has 0 radical (unpaired) electrons. The van der Waals surface area contributed by atoms with E-state index < -0.39 is 5.60 Å². The van der Waals surface area contributed by atoms with Gasteiger partial charge in [-0.1, -0.05) is 25.4 Å². The summed E-state index contributed by atoms with van der Waals surface area (Å²) in [6.45, 7) is 4.46. The Morgan fingerprint density at radius 3 is 2.90 bits per heavy atom. The SMILES string of the molecule is CC(C)C1CCCC(O)(c2cc3cc(Cl)ccc3o2)C1. The van der Waals surface area contributed by atoms with E-state index in [0.29, 0.717) is 22.6 Å². The molecule has 1 aliphatic rings. The predicted octanol–water partition coefficient (Wildman–Crippen LogP) is 5.12. The predicted molar refractivity (Wildman–Crippen MR) is 81.9 cm³/mol. The fraction of sp³-hybridized carbons (Fsp3) is 0.529. The zero-order valence-electron chi connectivity index (χ0n) is 12.0. The van der Waals surface area contributed by atoms with Crippen molar-refractivity contribution in [3.05, 3.63) is 35.0 Å². The largest absolute Gasteiger partial charge is 0.458 e. The van der Waals surface area contributed by atoms with Crippen LogP contribution in [0.3, 0.4) is 0 Å². The van der Waals surface area contributed by atoms with Crippen molar-refractivity contribution in [3.8, 4) is 0 Å². The number of hydrogen-bond donors (Lipinski definition) is 1. The first-order valence-electron chi connectivity index (χ1n) is 7.40. The lowest BCUT2D eigenvalue weighted by molar-refractivity contribution is -0.0450. The second kappa shape index (κ2) is 5.09. The Kier molecular flexibility index (Phi) is 3.55. The molecule has 1 heterocycles. The van der Waals surface area contributed by atoms with Crippen LogP contribution in [0.5, 0.6) is 0 Å². The second-order valence-electron chi connectivity index (χ2n) is 6.42. The van der Waals surface area contributed by atoms with Gasteiger partial charge in [0.2, 0.25) is 0 Å². The molecule has 108 valence electrons. The van der Waals surface area contributed by atoms with E-state index in [2.05, 4.69) is 13.8 Å². The molecule has 1 saturated carbocycles. The maximum absolute atomic E-state index is 11.0. The van der Waals surface area contributed by atoms with E-state index in [-0.39, 0.29) is 0 Å². The molecule has 1 aromatic carbocycles. The molecule has 1 aromatic heterocycles. The maximum atomic E-state index is 11.0. The van der Waals surface area contributed by atoms with Gasteiger partial charge < -0.3 is 9.52 Å². The highest BCUT2D eigenvalue weighted by Crippen LogP contribution is 2.44. The van der Waals surface area contributed by atoms with Crippen molar-refractivity contribution in [3.63, 3.8) is 0 Å². The highest BCUT2D eigenvalue weighted by Gasteiger charge is 2.39. The molecule has 2 atom stereocenters. The molecule has 0 spiro atoms. The normalized spacial score (nSPS) is 27.4. The van der Waals surface area contributed by atoms with E-state index in [1.54, 1.807) is 0 Å². The fourth-order valence-electron chi connectivity index (χ4n) is 3.33. The van der Waals surface area contributed by atoms with E-state index in [0.717, 1.165) is 30.2 Å². The molecule has 0 bridgehead atoms. The van der Waals surface area contributed by atoms with Crippen LogP contribution >= 0.6 is 11.6 Å². The highest BCUT2D eigenvalue weighted by atomic mass is 35.5. The van der Waals surface area contributed by atoms with Crippen molar-refractivity contribution in [1.29, 1.82) is 0 Å². The molecule has 1 N–H and O–H groups in total. The summed E-state index contributed by atoms with van der Waals surface area (Å²) in [5.74, 6) is 1.85. The summed E-state index contributed by atoms with van der Waals surface area (Å²) >= 11 is 6.01. The van der Waals surface area contributed by atoms with Gasteiger partial charge in [0.1, 0.15) is 16.9 Å². The third-order valence-electron chi connectivity index (χ3n) is 4.64. The molecule has 20 heavy (non-hydrogen) atoms. The summed E-state index contributed by atoms with van der Waals surface area (Å²) < 4.78 is 5.88. The molecule has 0 saturated heterocycles. The van der Waals surface area contributed by atoms with Crippen LogP contribution in [0.25, 0.3) is 11.0 Å². The zero-order valence-corrected chi connectivity index (χ0v) is 12.8. The van der Waals surface area contributed by atoms with E-state index >= 15 is 0 Å². The molecule has 1 aliphatic carbocycles. The van der Waals surface area contributed by atoms with Crippen LogP contribution in [0.15, 0.2) is 28.7 Å². The molecular formula is C17H21ClO2. The van der Waals surface area contributed by atoms with Gasteiger partial charge >= 0.3 is 0 Å². The number of hydrogen-bond acceptors (Lipinski definition) is 2. The number of fused-ring (bicyclic) bond motifs is 1. The van der Waals surface area contributed by atoms with Crippen molar-refractivity contribution in [2.75, 3.05) is 0 Å². The first-order valence-corrected chi connectivity index (χ1v) is 7.78. The van der Waals surface area contributed by atoms with Gasteiger partial charge in [-0.15, -0.1) is 0 Å². The van der Waals surface area contributed by atoms with Crippen molar-refractivity contribution < 1.29 is 9.52 Å². The van der Waals surface area contributed by atoms with E-state index in [1.165, 1.54) is 6.42 Å². The lowest BCUT2D eigenvalue weighted by Gasteiger charge is -2.37. The van der Waals surface area contributed by atoms with Crippen LogP contribution in [0, 0.1) is 11.8 Å². The van der Waals surface area contributed by atoms with E-state index in [4.69, 9.17) is 16.0 Å². The Labute approximate surface area is 124 Å². The fourth-order valence-corrected chi connectivity index (χ4v) is 3.51. The molecule has 3 heteroatoms. The molecule has 0 amide bonds. The molecule has 2 nitrogen and oxygen atoms in total. The standard InChI is InChI=1S/C17H21ClO2/c1-11(2)12-4-3-7-17(19,10-12)16-9-13-8-14(18)5-6-15(13)20-16/h5-6,8-9,11-12,19H,3-4,7,10H2,1-2H3. The van der Waals surface area contributed by atoms with Crippen LogP contribution in [0.2, 0.25) is 5.02 Å². The van der Waals surface area contributed by atoms with Crippen molar-refractivity contribution in [2.45, 2.75) is 45.1 Å². The number of furan rings is 1. The Hall–Kier alpha value is -0.990.